The van der Waals surface area contributed by atoms with E-state index in [1.807, 2.05) is 0 Å². The maximum absolute atomic E-state index is 11.7. The molecule has 1 aromatic carbocycles. The Balaban J connectivity index is 2.77. The topological polar surface area (TPSA) is 92.7 Å². The molecule has 2 rings (SSSR count). The molecule has 0 atom stereocenters. The SMILES string of the molecule is CS(=O)(=O)c1ccc(C(=O)O)c(Cl)c1C1=CCON1. The highest BCUT2D eigenvalue weighted by atomic mass is 35.5. The van der Waals surface area contributed by atoms with Gasteiger partial charge >= 0.3 is 5.97 Å². The number of hydroxylamine groups is 1. The Morgan fingerprint density at radius 3 is 2.63 bits per heavy atom. The van der Waals surface area contributed by atoms with Gasteiger partial charge in [0, 0.05) is 11.8 Å². The summed E-state index contributed by atoms with van der Waals surface area (Å²) < 4.78 is 23.5. The van der Waals surface area contributed by atoms with Gasteiger partial charge in [-0.2, -0.15) is 0 Å². The molecule has 102 valence electrons. The predicted molar refractivity (Wildman–Crippen MR) is 68.6 cm³/mol. The van der Waals surface area contributed by atoms with E-state index in [0.29, 0.717) is 5.70 Å². The molecule has 0 fully saturated rings. The van der Waals surface area contributed by atoms with Crippen molar-refractivity contribution in [3.8, 4) is 0 Å². The molecule has 1 aliphatic rings. The van der Waals surface area contributed by atoms with Gasteiger partial charge in [-0.25, -0.2) is 13.2 Å². The van der Waals surface area contributed by atoms with Crippen LogP contribution in [0, 0.1) is 0 Å². The minimum absolute atomic E-state index is 0.0493. The van der Waals surface area contributed by atoms with E-state index in [4.69, 9.17) is 21.5 Å². The summed E-state index contributed by atoms with van der Waals surface area (Å²) in [6.45, 7) is 0.242. The molecule has 0 aliphatic carbocycles. The third-order valence-corrected chi connectivity index (χ3v) is 4.09. The van der Waals surface area contributed by atoms with Crippen molar-refractivity contribution in [3.05, 3.63) is 34.4 Å². The van der Waals surface area contributed by atoms with E-state index < -0.39 is 15.8 Å². The van der Waals surface area contributed by atoms with Gasteiger partial charge in [-0.1, -0.05) is 11.6 Å². The molecule has 19 heavy (non-hydrogen) atoms. The second-order valence-corrected chi connectivity index (χ2v) is 6.27. The van der Waals surface area contributed by atoms with E-state index >= 15 is 0 Å². The van der Waals surface area contributed by atoms with Crippen LogP contribution in [0.15, 0.2) is 23.1 Å². The van der Waals surface area contributed by atoms with Crippen molar-refractivity contribution in [2.75, 3.05) is 12.9 Å². The summed E-state index contributed by atoms with van der Waals surface area (Å²) in [5, 5.41) is 8.88. The fraction of sp³-hybridized carbons (Fsp3) is 0.182. The van der Waals surface area contributed by atoms with Crippen molar-refractivity contribution < 1.29 is 23.2 Å². The molecular formula is C11H10ClNO5S. The van der Waals surface area contributed by atoms with Crippen molar-refractivity contribution in [3.63, 3.8) is 0 Å². The first kappa shape index (κ1) is 13.9. The lowest BCUT2D eigenvalue weighted by Gasteiger charge is -2.13. The van der Waals surface area contributed by atoms with Gasteiger partial charge in [-0.3, -0.25) is 10.3 Å². The second kappa shape index (κ2) is 4.84. The monoisotopic (exact) mass is 303 g/mol. The Bertz CT molecular complexity index is 681. The summed E-state index contributed by atoms with van der Waals surface area (Å²) >= 11 is 6.01. The van der Waals surface area contributed by atoms with Crippen molar-refractivity contribution in [2.24, 2.45) is 0 Å². The number of carbonyl (C=O) groups is 1. The fourth-order valence-corrected chi connectivity index (χ4v) is 3.02. The van der Waals surface area contributed by atoms with Crippen LogP contribution in [0.5, 0.6) is 0 Å². The number of halogens is 1. The zero-order valence-corrected chi connectivity index (χ0v) is 11.4. The molecule has 0 saturated carbocycles. The number of aromatic carboxylic acids is 1. The number of hydrogen-bond donors (Lipinski definition) is 2. The van der Waals surface area contributed by atoms with E-state index in [1.54, 1.807) is 6.08 Å². The Hall–Kier alpha value is -1.57. The number of sulfone groups is 1. The van der Waals surface area contributed by atoms with Crippen LogP contribution in [0.25, 0.3) is 5.70 Å². The van der Waals surface area contributed by atoms with Gasteiger partial charge in [-0.05, 0) is 18.2 Å². The molecule has 0 bridgehead atoms. The van der Waals surface area contributed by atoms with Gasteiger partial charge in [0.2, 0.25) is 0 Å². The second-order valence-electron chi connectivity index (χ2n) is 3.91. The average molecular weight is 304 g/mol. The lowest BCUT2D eigenvalue weighted by Crippen LogP contribution is -2.12. The van der Waals surface area contributed by atoms with E-state index in [9.17, 15) is 13.2 Å². The molecule has 2 N–H and O–H groups in total. The van der Waals surface area contributed by atoms with Crippen LogP contribution < -0.4 is 5.48 Å². The molecule has 1 aliphatic heterocycles. The molecule has 0 radical (unpaired) electrons. The standard InChI is InChI=1S/C11H10ClNO5S/c1-19(16,17)8-3-2-6(11(14)15)10(12)9(8)7-4-5-18-13-7/h2-4,13H,5H2,1H3,(H,14,15). The number of rotatable bonds is 3. The molecule has 0 spiro atoms. The van der Waals surface area contributed by atoms with Crippen molar-refractivity contribution >= 4 is 33.1 Å². The largest absolute Gasteiger partial charge is 0.478 e. The zero-order chi connectivity index (χ0) is 14.2. The van der Waals surface area contributed by atoms with Crippen LogP contribution in [0.3, 0.4) is 0 Å². The van der Waals surface area contributed by atoms with Gasteiger partial charge < -0.3 is 5.11 Å². The predicted octanol–water partition coefficient (Wildman–Crippen LogP) is 1.32. The molecule has 1 heterocycles. The van der Waals surface area contributed by atoms with E-state index in [2.05, 4.69) is 5.48 Å². The molecular weight excluding hydrogens is 294 g/mol. The fourth-order valence-electron chi connectivity index (χ4n) is 1.72. The summed E-state index contributed by atoms with van der Waals surface area (Å²) in [7, 11) is -3.55. The first-order valence-corrected chi connectivity index (χ1v) is 7.43. The number of carboxylic acid groups (broad SMARTS) is 1. The number of carboxylic acids is 1. The summed E-state index contributed by atoms with van der Waals surface area (Å²) in [5.41, 5.74) is 2.80. The highest BCUT2D eigenvalue weighted by Crippen LogP contribution is 2.33. The van der Waals surface area contributed by atoms with Crippen molar-refractivity contribution in [1.82, 2.24) is 5.48 Å². The van der Waals surface area contributed by atoms with Crippen LogP contribution >= 0.6 is 11.6 Å². The van der Waals surface area contributed by atoms with Crippen LogP contribution in [-0.2, 0) is 14.7 Å². The first-order valence-electron chi connectivity index (χ1n) is 5.16. The number of nitrogens with one attached hydrogen (secondary N) is 1. The highest BCUT2D eigenvalue weighted by Gasteiger charge is 2.25. The van der Waals surface area contributed by atoms with E-state index in [1.165, 1.54) is 12.1 Å². The van der Waals surface area contributed by atoms with Gasteiger partial charge in [0.25, 0.3) is 0 Å². The molecule has 0 aromatic heterocycles. The molecule has 1 aromatic rings. The molecule has 0 amide bonds. The van der Waals surface area contributed by atoms with Crippen LogP contribution in [0.4, 0.5) is 0 Å². The molecule has 0 unspecified atom stereocenters. The number of benzene rings is 1. The van der Waals surface area contributed by atoms with Crippen LogP contribution in [0.1, 0.15) is 15.9 Å². The molecule has 6 nitrogen and oxygen atoms in total. The first-order chi connectivity index (χ1) is 8.82. The third kappa shape index (κ3) is 2.58. The quantitative estimate of drug-likeness (QED) is 0.875. The van der Waals surface area contributed by atoms with Gasteiger partial charge in [0.1, 0.15) is 0 Å². The van der Waals surface area contributed by atoms with Gasteiger partial charge in [0.05, 0.1) is 27.8 Å². The normalized spacial score (nSPS) is 14.9. The van der Waals surface area contributed by atoms with Crippen molar-refractivity contribution in [1.29, 1.82) is 0 Å². The Morgan fingerprint density at radius 1 is 1.47 bits per heavy atom. The van der Waals surface area contributed by atoms with E-state index in [-0.39, 0.29) is 27.7 Å². The average Bonchev–Trinajstić information content (AvgIpc) is 2.79. The third-order valence-electron chi connectivity index (χ3n) is 2.56. The van der Waals surface area contributed by atoms with Gasteiger partial charge in [0.15, 0.2) is 9.84 Å². The molecule has 8 heteroatoms. The maximum atomic E-state index is 11.7. The minimum atomic E-state index is -3.55. The summed E-state index contributed by atoms with van der Waals surface area (Å²) in [5.74, 6) is -1.23. The van der Waals surface area contributed by atoms with Gasteiger partial charge in [-0.15, -0.1) is 0 Å². The molecule has 0 saturated heterocycles. The Labute approximate surface area is 114 Å². The number of hydrogen-bond acceptors (Lipinski definition) is 5. The summed E-state index contributed by atoms with van der Waals surface area (Å²) in [4.78, 5) is 15.9. The minimum Gasteiger partial charge on any atom is -0.478 e. The van der Waals surface area contributed by atoms with Crippen molar-refractivity contribution in [2.45, 2.75) is 4.90 Å². The summed E-state index contributed by atoms with van der Waals surface area (Å²) in [6.07, 6.45) is 2.61. The smallest absolute Gasteiger partial charge is 0.337 e. The Kier molecular flexibility index (Phi) is 3.53. The van der Waals surface area contributed by atoms with Crippen LogP contribution in [0.2, 0.25) is 5.02 Å². The summed E-state index contributed by atoms with van der Waals surface area (Å²) in [6, 6.07) is 2.39. The highest BCUT2D eigenvalue weighted by molar-refractivity contribution is 7.90. The van der Waals surface area contributed by atoms with Crippen LogP contribution in [-0.4, -0.2) is 32.4 Å². The lowest BCUT2D eigenvalue weighted by molar-refractivity contribution is 0.0697. The Morgan fingerprint density at radius 2 is 2.16 bits per heavy atom. The maximum Gasteiger partial charge on any atom is 0.337 e. The zero-order valence-electron chi connectivity index (χ0n) is 9.81. The lowest BCUT2D eigenvalue weighted by atomic mass is 10.1. The van der Waals surface area contributed by atoms with E-state index in [0.717, 1.165) is 6.26 Å².